The molecule has 17 heteroatoms. The first-order valence-corrected chi connectivity index (χ1v) is 23.4. The summed E-state index contributed by atoms with van der Waals surface area (Å²) in [6.07, 6.45) is 2.78. The number of nitrogens with zero attached hydrogens (tertiary/aromatic N) is 3. The number of rotatable bonds is 15. The Morgan fingerprint density at radius 3 is 2.00 bits per heavy atom. The Balaban J connectivity index is 0.000000595. The van der Waals surface area contributed by atoms with Crippen LogP contribution in [0.3, 0.4) is 0 Å². The summed E-state index contributed by atoms with van der Waals surface area (Å²) in [6, 6.07) is 26.8. The molecule has 3 amide bonds. The molecule has 0 saturated carbocycles. The van der Waals surface area contributed by atoms with Crippen molar-refractivity contribution in [3.8, 4) is 23.0 Å². The van der Waals surface area contributed by atoms with Crippen LogP contribution in [-0.2, 0) is 35.6 Å². The zero-order valence-corrected chi connectivity index (χ0v) is 40.2. The fourth-order valence-corrected chi connectivity index (χ4v) is 9.17. The minimum Gasteiger partial charge on any atom is -0.493 e. The van der Waals surface area contributed by atoms with Gasteiger partial charge in [0.1, 0.15) is 31.8 Å². The molecule has 17 nitrogen and oxygen atoms in total. The first-order valence-electron chi connectivity index (χ1n) is 23.4. The monoisotopic (exact) mass is 952 g/mol. The lowest BCUT2D eigenvalue weighted by atomic mass is 10.1. The first-order chi connectivity index (χ1) is 33.8. The number of benzene rings is 5. The van der Waals surface area contributed by atoms with E-state index in [1.54, 1.807) is 50.1 Å². The lowest BCUT2D eigenvalue weighted by molar-refractivity contribution is -0.117. The molecule has 7 N–H and O–H groups in total. The molecule has 4 heterocycles. The number of methoxy groups -OCH3 is 2. The zero-order chi connectivity index (χ0) is 49.6. The lowest BCUT2D eigenvalue weighted by Gasteiger charge is -2.26. The molecule has 4 unspecified atom stereocenters. The van der Waals surface area contributed by atoms with Crippen molar-refractivity contribution in [3.05, 3.63) is 124 Å². The van der Waals surface area contributed by atoms with Gasteiger partial charge in [0, 0.05) is 42.2 Å². The molecule has 70 heavy (non-hydrogen) atoms. The van der Waals surface area contributed by atoms with E-state index in [9.17, 15) is 24.3 Å². The highest BCUT2D eigenvalue weighted by Crippen LogP contribution is 2.43. The number of aliphatic imine (C=N–C) groups is 1. The summed E-state index contributed by atoms with van der Waals surface area (Å²) in [4.78, 5) is 58.5. The maximum atomic E-state index is 14.0. The number of likely N-dealkylation sites (N-methyl/N-ethyl adjacent to an activating group) is 1. The maximum absolute atomic E-state index is 14.0. The van der Waals surface area contributed by atoms with Crippen LogP contribution in [0.15, 0.2) is 96.0 Å². The van der Waals surface area contributed by atoms with E-state index in [0.717, 1.165) is 53.6 Å². The van der Waals surface area contributed by atoms with E-state index in [-0.39, 0.29) is 43.0 Å². The Morgan fingerprint density at radius 2 is 1.40 bits per heavy atom. The van der Waals surface area contributed by atoms with Crippen molar-refractivity contribution in [2.45, 2.75) is 90.1 Å². The average Bonchev–Trinajstić information content (AvgIpc) is 3.89. The van der Waals surface area contributed by atoms with Crippen LogP contribution >= 0.6 is 0 Å². The van der Waals surface area contributed by atoms with Crippen LogP contribution in [0.2, 0.25) is 0 Å². The molecule has 5 aromatic rings. The zero-order valence-electron chi connectivity index (χ0n) is 40.2. The van der Waals surface area contributed by atoms with Gasteiger partial charge in [-0.05, 0) is 105 Å². The molecule has 0 spiro atoms. The van der Waals surface area contributed by atoms with Crippen molar-refractivity contribution < 1.29 is 43.2 Å². The van der Waals surface area contributed by atoms with Gasteiger partial charge in [0.05, 0.1) is 60.7 Å². The highest BCUT2D eigenvalue weighted by molar-refractivity contribution is 6.13. The normalized spacial score (nSPS) is 18.3. The van der Waals surface area contributed by atoms with Gasteiger partial charge < -0.3 is 65.6 Å². The fourth-order valence-electron chi connectivity index (χ4n) is 9.17. The number of hydrogen-bond acceptors (Lipinski definition) is 13. The van der Waals surface area contributed by atoms with E-state index in [0.29, 0.717) is 75.6 Å². The predicted octanol–water partition coefficient (Wildman–Crippen LogP) is 6.45. The van der Waals surface area contributed by atoms with Gasteiger partial charge in [-0.25, -0.2) is 0 Å². The number of aliphatic hydroxyl groups excluding tert-OH is 1. The standard InChI is InChI=1S/C46H46N6O8.C7H14N2O/c1-25(47-2)43(53)49-30-14-26(23-59-41-20-34-32(18-39(41)57-3)45(55)51-31(22-48-34)16-28-9-5-7-11-36(28)51)13-27(15-30)24-60-42-21-35-33(19-40(42)58-4)46(56)52-37-12-8-6-10-29(37)17-38(52)44(54)50-35;1-3-4-7(8)9-6(2)5-10/h5-15,18-21,25,31,38,44,47-48,50,54H,16-17,22-24H2,1-4H3,(H,49,53);5-6H,3-4H2,1-2H3,(H2,8,9)/t25?,31?,38?,44-;/m1./s1. The van der Waals surface area contributed by atoms with Crippen molar-refractivity contribution in [2.75, 3.05) is 53.6 Å². The summed E-state index contributed by atoms with van der Waals surface area (Å²) in [6.45, 7) is 6.23. The number of amides is 3. The third kappa shape index (κ3) is 10.2. The van der Waals surface area contributed by atoms with Crippen LogP contribution in [-0.4, -0.2) is 93.2 Å². The number of amidine groups is 1. The highest BCUT2D eigenvalue weighted by Gasteiger charge is 2.42. The largest absolute Gasteiger partial charge is 0.493 e. The number of hydrogen-bond donors (Lipinski definition) is 6. The smallest absolute Gasteiger partial charge is 0.260 e. The van der Waals surface area contributed by atoms with E-state index >= 15 is 0 Å². The average molecular weight is 953 g/mol. The Morgan fingerprint density at radius 1 is 0.829 bits per heavy atom. The number of para-hydroxylation sites is 2. The van der Waals surface area contributed by atoms with Gasteiger partial charge in [0.25, 0.3) is 11.8 Å². The molecule has 5 atom stereocenters. The Labute approximate surface area is 407 Å². The predicted molar refractivity (Wildman–Crippen MR) is 270 cm³/mol. The number of carbonyl (C=O) groups excluding carboxylic acids is 4. The van der Waals surface area contributed by atoms with Gasteiger partial charge in [-0.3, -0.25) is 19.4 Å². The van der Waals surface area contributed by atoms with Crippen LogP contribution < -0.4 is 55.7 Å². The molecule has 4 aliphatic rings. The molecule has 0 fully saturated rings. The van der Waals surface area contributed by atoms with Gasteiger partial charge >= 0.3 is 0 Å². The molecular weight excluding hydrogens is 893 g/mol. The second-order valence-corrected chi connectivity index (χ2v) is 17.7. The lowest BCUT2D eigenvalue weighted by Crippen LogP contribution is -2.45. The molecule has 0 saturated heterocycles. The van der Waals surface area contributed by atoms with Crippen molar-refractivity contribution in [2.24, 2.45) is 10.7 Å². The number of aldehydes is 1. The maximum Gasteiger partial charge on any atom is 0.260 e. The number of aliphatic hydroxyl groups is 1. The Bertz CT molecular complexity index is 2820. The van der Waals surface area contributed by atoms with Crippen molar-refractivity contribution in [1.29, 1.82) is 0 Å². The second kappa shape index (κ2) is 21.3. The van der Waals surface area contributed by atoms with E-state index in [1.807, 2.05) is 72.5 Å². The SMILES string of the molecule is CCCC(N)=NC(C)C=O.CNC(C)C(=O)Nc1cc(COc2cc3c(cc2OC)C(=O)N2c4ccccc4CC2CN3)cc(COc2cc3c(cc2OC)C(=O)N2c4ccccc4CC2[C@@H](O)N3)c1. The third-order valence-electron chi connectivity index (χ3n) is 12.8. The van der Waals surface area contributed by atoms with Gasteiger partial charge in [0.2, 0.25) is 5.91 Å². The molecule has 0 aliphatic carbocycles. The number of nitrogens with two attached hydrogens (primary N) is 1. The fraction of sp³-hybridized carbons (Fsp3) is 0.340. The number of anilines is 5. The minimum atomic E-state index is -1.03. The molecular formula is C53H60N8O9. The number of ether oxygens (including phenoxy) is 4. The van der Waals surface area contributed by atoms with E-state index < -0.39 is 18.3 Å². The summed E-state index contributed by atoms with van der Waals surface area (Å²) < 4.78 is 24.2. The van der Waals surface area contributed by atoms with Gasteiger partial charge in [0.15, 0.2) is 23.0 Å². The molecule has 0 bridgehead atoms. The van der Waals surface area contributed by atoms with Gasteiger partial charge in [-0.15, -0.1) is 0 Å². The molecule has 9 rings (SSSR count). The van der Waals surface area contributed by atoms with Crippen LogP contribution in [0.4, 0.5) is 28.4 Å². The van der Waals surface area contributed by atoms with E-state index in [4.69, 9.17) is 24.7 Å². The van der Waals surface area contributed by atoms with Crippen LogP contribution in [0.25, 0.3) is 0 Å². The minimum absolute atomic E-state index is 0.0196. The Kier molecular flexibility index (Phi) is 14.9. The van der Waals surface area contributed by atoms with Crippen LogP contribution in [0.1, 0.15) is 76.6 Å². The van der Waals surface area contributed by atoms with Crippen molar-refractivity contribution in [3.63, 3.8) is 0 Å². The van der Waals surface area contributed by atoms with Crippen LogP contribution in [0, 0.1) is 0 Å². The molecule has 366 valence electrons. The number of carbonyl (C=O) groups is 4. The quantitative estimate of drug-likeness (QED) is 0.0378. The van der Waals surface area contributed by atoms with Crippen molar-refractivity contribution >= 4 is 58.3 Å². The third-order valence-corrected chi connectivity index (χ3v) is 12.8. The Hall–Kier alpha value is -7.63. The summed E-state index contributed by atoms with van der Waals surface area (Å²) in [5.74, 6) is 1.53. The van der Waals surface area contributed by atoms with Crippen molar-refractivity contribution in [1.82, 2.24) is 5.32 Å². The topological polar surface area (TPSA) is 218 Å². The van der Waals surface area contributed by atoms with E-state index in [2.05, 4.69) is 32.3 Å². The highest BCUT2D eigenvalue weighted by atomic mass is 16.5. The molecule has 5 aromatic carbocycles. The van der Waals surface area contributed by atoms with Gasteiger partial charge in [-0.1, -0.05) is 43.3 Å². The molecule has 0 aromatic heterocycles. The van der Waals surface area contributed by atoms with E-state index in [1.165, 1.54) is 14.2 Å². The first kappa shape index (κ1) is 48.8. The number of nitrogens with one attached hydrogen (secondary N) is 4. The number of fused-ring (bicyclic) bond motifs is 8. The summed E-state index contributed by atoms with van der Waals surface area (Å²) >= 11 is 0. The molecule has 4 aliphatic heterocycles. The second-order valence-electron chi connectivity index (χ2n) is 17.7. The summed E-state index contributed by atoms with van der Waals surface area (Å²) in [5, 5.41) is 23.8. The summed E-state index contributed by atoms with van der Waals surface area (Å²) in [5.41, 5.74) is 13.2. The molecule has 0 radical (unpaired) electrons. The van der Waals surface area contributed by atoms with Gasteiger partial charge in [-0.2, -0.15) is 0 Å². The summed E-state index contributed by atoms with van der Waals surface area (Å²) in [7, 11) is 4.76. The van der Waals surface area contributed by atoms with Crippen LogP contribution in [0.5, 0.6) is 23.0 Å².